The molecule has 0 aromatic carbocycles. The van der Waals surface area contributed by atoms with Crippen LogP contribution in [0.1, 0.15) is 24.6 Å². The molecule has 2 atom stereocenters. The van der Waals surface area contributed by atoms with E-state index in [-0.39, 0.29) is 17.9 Å². The van der Waals surface area contributed by atoms with Gasteiger partial charge in [0.05, 0.1) is 11.6 Å². The van der Waals surface area contributed by atoms with Gasteiger partial charge in [-0.25, -0.2) is 0 Å². The number of nitrogens with one attached hydrogen (secondary N) is 2. The minimum absolute atomic E-state index is 0.104. The molecule has 1 aliphatic heterocycles. The first kappa shape index (κ1) is 12.1. The lowest BCUT2D eigenvalue weighted by atomic mass is 10.0. The zero-order chi connectivity index (χ0) is 12.4. The van der Waals surface area contributed by atoms with E-state index in [1.165, 1.54) is 0 Å². The summed E-state index contributed by atoms with van der Waals surface area (Å²) in [4.78, 5) is 12.0. The van der Waals surface area contributed by atoms with Gasteiger partial charge < -0.3 is 10.6 Å². The van der Waals surface area contributed by atoms with Gasteiger partial charge in [0.1, 0.15) is 0 Å². The topological polar surface area (TPSA) is 59.0 Å². The molecule has 5 nitrogen and oxygen atoms in total. The Bertz CT molecular complexity index is 413. The van der Waals surface area contributed by atoms with Crippen molar-refractivity contribution in [2.45, 2.75) is 32.9 Å². The van der Waals surface area contributed by atoms with Crippen molar-refractivity contribution in [2.75, 3.05) is 6.54 Å². The Labute approximate surface area is 102 Å². The highest BCUT2D eigenvalue weighted by atomic mass is 16.1. The van der Waals surface area contributed by atoms with Crippen LogP contribution >= 0.6 is 0 Å². The maximum Gasteiger partial charge on any atom is 0.224 e. The first-order valence-electron chi connectivity index (χ1n) is 6.08. The van der Waals surface area contributed by atoms with Gasteiger partial charge in [0.15, 0.2) is 0 Å². The molecule has 1 aromatic rings. The number of amides is 1. The van der Waals surface area contributed by atoms with Gasteiger partial charge in [0, 0.05) is 31.4 Å². The lowest BCUT2D eigenvalue weighted by molar-refractivity contribution is -0.125. The fourth-order valence-electron chi connectivity index (χ4n) is 2.35. The highest BCUT2D eigenvalue weighted by Crippen LogP contribution is 2.15. The summed E-state index contributed by atoms with van der Waals surface area (Å²) in [7, 11) is 1.89. The van der Waals surface area contributed by atoms with Gasteiger partial charge >= 0.3 is 0 Å². The monoisotopic (exact) mass is 236 g/mol. The SMILES string of the molecule is Cc1nn(C)cc1CNC(=O)C1CCNC1C. The van der Waals surface area contributed by atoms with Crippen molar-refractivity contribution in [3.8, 4) is 0 Å². The molecule has 1 aliphatic rings. The van der Waals surface area contributed by atoms with Crippen LogP contribution in [0.4, 0.5) is 0 Å². The summed E-state index contributed by atoms with van der Waals surface area (Å²) in [6, 6.07) is 0.282. The van der Waals surface area contributed by atoms with E-state index >= 15 is 0 Å². The van der Waals surface area contributed by atoms with Crippen molar-refractivity contribution < 1.29 is 4.79 Å². The quantitative estimate of drug-likeness (QED) is 0.796. The second-order valence-corrected chi connectivity index (χ2v) is 4.77. The van der Waals surface area contributed by atoms with Crippen molar-refractivity contribution in [1.82, 2.24) is 20.4 Å². The van der Waals surface area contributed by atoms with E-state index in [0.29, 0.717) is 6.54 Å². The van der Waals surface area contributed by atoms with E-state index < -0.39 is 0 Å². The molecule has 2 N–H and O–H groups in total. The van der Waals surface area contributed by atoms with Gasteiger partial charge in [-0.1, -0.05) is 0 Å². The molecule has 0 bridgehead atoms. The van der Waals surface area contributed by atoms with Crippen LogP contribution in [-0.4, -0.2) is 28.3 Å². The summed E-state index contributed by atoms with van der Waals surface area (Å²) in [5.41, 5.74) is 2.06. The fourth-order valence-corrected chi connectivity index (χ4v) is 2.35. The van der Waals surface area contributed by atoms with Gasteiger partial charge in [-0.05, 0) is 26.8 Å². The molecule has 0 spiro atoms. The molecule has 94 valence electrons. The minimum atomic E-state index is 0.104. The molecule has 0 saturated carbocycles. The molecule has 1 fully saturated rings. The highest BCUT2D eigenvalue weighted by Gasteiger charge is 2.29. The Balaban J connectivity index is 1.90. The Morgan fingerprint density at radius 3 is 3.00 bits per heavy atom. The van der Waals surface area contributed by atoms with Crippen molar-refractivity contribution in [2.24, 2.45) is 13.0 Å². The van der Waals surface area contributed by atoms with E-state index in [9.17, 15) is 4.79 Å². The Kier molecular flexibility index (Phi) is 3.47. The van der Waals surface area contributed by atoms with E-state index in [2.05, 4.69) is 22.7 Å². The Morgan fingerprint density at radius 2 is 2.47 bits per heavy atom. The smallest absolute Gasteiger partial charge is 0.224 e. The van der Waals surface area contributed by atoms with Crippen LogP contribution in [-0.2, 0) is 18.4 Å². The third-order valence-electron chi connectivity index (χ3n) is 3.43. The second kappa shape index (κ2) is 4.87. The number of hydrogen-bond donors (Lipinski definition) is 2. The molecule has 2 heterocycles. The third-order valence-corrected chi connectivity index (χ3v) is 3.43. The molecule has 1 aromatic heterocycles. The fraction of sp³-hybridized carbons (Fsp3) is 0.667. The first-order valence-corrected chi connectivity index (χ1v) is 6.08. The summed E-state index contributed by atoms with van der Waals surface area (Å²) >= 11 is 0. The number of carbonyl (C=O) groups is 1. The van der Waals surface area contributed by atoms with Crippen LogP contribution < -0.4 is 10.6 Å². The molecule has 17 heavy (non-hydrogen) atoms. The number of aryl methyl sites for hydroxylation is 2. The molecule has 2 rings (SSSR count). The second-order valence-electron chi connectivity index (χ2n) is 4.77. The maximum atomic E-state index is 12.0. The van der Waals surface area contributed by atoms with Gasteiger partial charge in [-0.15, -0.1) is 0 Å². The number of aromatic nitrogens is 2. The van der Waals surface area contributed by atoms with Gasteiger partial charge in [-0.2, -0.15) is 5.10 Å². The highest BCUT2D eigenvalue weighted by molar-refractivity contribution is 5.79. The van der Waals surface area contributed by atoms with Gasteiger partial charge in [0.2, 0.25) is 5.91 Å². The summed E-state index contributed by atoms with van der Waals surface area (Å²) in [5, 5.41) is 10.5. The standard InChI is InChI=1S/C12H20N4O/c1-8-10(7-16(3)15-8)6-14-12(17)11-4-5-13-9(11)2/h7,9,11,13H,4-6H2,1-3H3,(H,14,17). The molecular weight excluding hydrogens is 216 g/mol. The predicted octanol–water partition coefficient (Wildman–Crippen LogP) is 0.343. The van der Waals surface area contributed by atoms with E-state index in [0.717, 1.165) is 24.2 Å². The number of nitrogens with zero attached hydrogens (tertiary/aromatic N) is 2. The van der Waals surface area contributed by atoms with Crippen molar-refractivity contribution in [3.05, 3.63) is 17.5 Å². The zero-order valence-electron chi connectivity index (χ0n) is 10.7. The van der Waals surface area contributed by atoms with Crippen molar-refractivity contribution in [3.63, 3.8) is 0 Å². The molecule has 5 heteroatoms. The molecule has 1 saturated heterocycles. The molecule has 1 amide bonds. The lowest BCUT2D eigenvalue weighted by Gasteiger charge is -2.14. The normalized spacial score (nSPS) is 23.9. The van der Waals surface area contributed by atoms with Crippen LogP contribution in [0.25, 0.3) is 0 Å². The van der Waals surface area contributed by atoms with Crippen LogP contribution in [0.15, 0.2) is 6.20 Å². The summed E-state index contributed by atoms with van der Waals surface area (Å²) in [5.74, 6) is 0.248. The average Bonchev–Trinajstić information content (AvgIpc) is 2.81. The van der Waals surface area contributed by atoms with Crippen molar-refractivity contribution in [1.29, 1.82) is 0 Å². The van der Waals surface area contributed by atoms with Gasteiger partial charge in [-0.3, -0.25) is 9.48 Å². The predicted molar refractivity (Wildman–Crippen MR) is 65.4 cm³/mol. The van der Waals surface area contributed by atoms with Crippen LogP contribution in [0.2, 0.25) is 0 Å². The lowest BCUT2D eigenvalue weighted by Crippen LogP contribution is -2.36. The van der Waals surface area contributed by atoms with Crippen LogP contribution in [0, 0.1) is 12.8 Å². The summed E-state index contributed by atoms with van der Waals surface area (Å²) in [6.07, 6.45) is 2.88. The Morgan fingerprint density at radius 1 is 1.71 bits per heavy atom. The average molecular weight is 236 g/mol. The van der Waals surface area contributed by atoms with E-state index in [1.54, 1.807) is 4.68 Å². The molecule has 0 aliphatic carbocycles. The number of hydrogen-bond acceptors (Lipinski definition) is 3. The zero-order valence-corrected chi connectivity index (χ0v) is 10.7. The van der Waals surface area contributed by atoms with E-state index in [1.807, 2.05) is 20.2 Å². The molecule has 2 unspecified atom stereocenters. The van der Waals surface area contributed by atoms with Crippen LogP contribution in [0.5, 0.6) is 0 Å². The minimum Gasteiger partial charge on any atom is -0.352 e. The molecule has 0 radical (unpaired) electrons. The Hall–Kier alpha value is -1.36. The molecular formula is C12H20N4O. The summed E-state index contributed by atoms with van der Waals surface area (Å²) < 4.78 is 1.77. The third kappa shape index (κ3) is 2.66. The maximum absolute atomic E-state index is 12.0. The van der Waals surface area contributed by atoms with E-state index in [4.69, 9.17) is 0 Å². The largest absolute Gasteiger partial charge is 0.352 e. The van der Waals surface area contributed by atoms with Crippen molar-refractivity contribution >= 4 is 5.91 Å². The number of carbonyl (C=O) groups excluding carboxylic acids is 1. The summed E-state index contributed by atoms with van der Waals surface area (Å²) in [6.45, 7) is 5.53. The first-order chi connectivity index (χ1) is 8.08. The van der Waals surface area contributed by atoms with Gasteiger partial charge in [0.25, 0.3) is 0 Å². The van der Waals surface area contributed by atoms with Crippen LogP contribution in [0.3, 0.4) is 0 Å². The number of rotatable bonds is 3.